The summed E-state index contributed by atoms with van der Waals surface area (Å²) in [6.07, 6.45) is 0. The highest BCUT2D eigenvalue weighted by molar-refractivity contribution is 5.76. The maximum absolute atomic E-state index is 10.8. The van der Waals surface area contributed by atoms with Crippen LogP contribution in [0.25, 0.3) is 0 Å². The molecular formula is C11H16N2O4. The van der Waals surface area contributed by atoms with E-state index in [0.717, 1.165) is 5.56 Å². The molecule has 0 heterocycles. The standard InChI is InChI=1S/C11H16N2O4/c1-15-9-4-3-8(5-10(9)16-2)6-17-7-11(14)13-12/h3-5H,6-7,12H2,1-2H3,(H,13,14). The number of rotatable bonds is 6. The third kappa shape index (κ3) is 3.93. The molecule has 0 aliphatic heterocycles. The van der Waals surface area contributed by atoms with Gasteiger partial charge in [0.15, 0.2) is 11.5 Å². The summed E-state index contributed by atoms with van der Waals surface area (Å²) < 4.78 is 15.4. The zero-order valence-electron chi connectivity index (χ0n) is 9.86. The molecule has 0 aromatic heterocycles. The van der Waals surface area contributed by atoms with Crippen LogP contribution >= 0.6 is 0 Å². The summed E-state index contributed by atoms with van der Waals surface area (Å²) >= 11 is 0. The van der Waals surface area contributed by atoms with E-state index >= 15 is 0 Å². The van der Waals surface area contributed by atoms with Crippen LogP contribution < -0.4 is 20.7 Å². The minimum Gasteiger partial charge on any atom is -0.493 e. The molecule has 1 aromatic rings. The van der Waals surface area contributed by atoms with Gasteiger partial charge in [0.2, 0.25) is 0 Å². The van der Waals surface area contributed by atoms with E-state index in [1.54, 1.807) is 26.4 Å². The smallest absolute Gasteiger partial charge is 0.259 e. The van der Waals surface area contributed by atoms with Gasteiger partial charge in [-0.05, 0) is 17.7 Å². The van der Waals surface area contributed by atoms with Gasteiger partial charge in [0.05, 0.1) is 20.8 Å². The second-order valence-corrected chi connectivity index (χ2v) is 3.25. The number of hydrazine groups is 1. The van der Waals surface area contributed by atoms with Crippen molar-refractivity contribution < 1.29 is 19.0 Å². The van der Waals surface area contributed by atoms with Crippen molar-refractivity contribution in [1.82, 2.24) is 5.43 Å². The summed E-state index contributed by atoms with van der Waals surface area (Å²) in [6.45, 7) is 0.221. The highest BCUT2D eigenvalue weighted by Gasteiger charge is 2.05. The highest BCUT2D eigenvalue weighted by Crippen LogP contribution is 2.27. The molecule has 0 saturated carbocycles. The number of hydrogen-bond acceptors (Lipinski definition) is 5. The van der Waals surface area contributed by atoms with Crippen LogP contribution in [0.5, 0.6) is 11.5 Å². The van der Waals surface area contributed by atoms with Crippen molar-refractivity contribution in [2.45, 2.75) is 6.61 Å². The van der Waals surface area contributed by atoms with Gasteiger partial charge in [-0.1, -0.05) is 6.07 Å². The summed E-state index contributed by atoms with van der Waals surface area (Å²) in [6, 6.07) is 5.40. The second-order valence-electron chi connectivity index (χ2n) is 3.25. The molecule has 0 fully saturated rings. The zero-order valence-corrected chi connectivity index (χ0v) is 9.86. The average molecular weight is 240 g/mol. The Labute approximate surface area is 99.6 Å². The van der Waals surface area contributed by atoms with Crippen LogP contribution in [-0.4, -0.2) is 26.7 Å². The zero-order chi connectivity index (χ0) is 12.7. The topological polar surface area (TPSA) is 82.8 Å². The van der Waals surface area contributed by atoms with E-state index in [1.165, 1.54) is 0 Å². The monoisotopic (exact) mass is 240 g/mol. The molecule has 1 rings (SSSR count). The first kappa shape index (κ1) is 13.3. The molecule has 3 N–H and O–H groups in total. The number of amides is 1. The SMILES string of the molecule is COc1ccc(COCC(=O)NN)cc1OC. The Morgan fingerprint density at radius 2 is 2.00 bits per heavy atom. The lowest BCUT2D eigenvalue weighted by Gasteiger charge is -2.09. The second kappa shape index (κ2) is 6.72. The minimum absolute atomic E-state index is 0.0785. The molecule has 1 aromatic carbocycles. The number of benzene rings is 1. The molecule has 0 radical (unpaired) electrons. The number of nitrogens with one attached hydrogen (secondary N) is 1. The molecule has 0 unspecified atom stereocenters. The maximum Gasteiger partial charge on any atom is 0.259 e. The molecular weight excluding hydrogens is 224 g/mol. The van der Waals surface area contributed by atoms with Crippen LogP contribution in [0.2, 0.25) is 0 Å². The van der Waals surface area contributed by atoms with Gasteiger partial charge in [0.1, 0.15) is 6.61 Å². The molecule has 0 aliphatic carbocycles. The summed E-state index contributed by atoms with van der Waals surface area (Å²) in [5, 5.41) is 0. The Balaban J connectivity index is 2.57. The summed E-state index contributed by atoms with van der Waals surface area (Å²) in [5.74, 6) is 5.82. The van der Waals surface area contributed by atoms with E-state index in [1.807, 2.05) is 11.5 Å². The lowest BCUT2D eigenvalue weighted by molar-refractivity contribution is -0.126. The summed E-state index contributed by atoms with van der Waals surface area (Å²) in [5.41, 5.74) is 2.87. The number of nitrogens with two attached hydrogens (primary N) is 1. The van der Waals surface area contributed by atoms with Gasteiger partial charge in [-0.3, -0.25) is 10.2 Å². The van der Waals surface area contributed by atoms with Crippen LogP contribution in [0, 0.1) is 0 Å². The van der Waals surface area contributed by atoms with Gasteiger partial charge in [-0.2, -0.15) is 0 Å². The van der Waals surface area contributed by atoms with Crippen LogP contribution in [0.1, 0.15) is 5.56 Å². The van der Waals surface area contributed by atoms with Crippen molar-refractivity contribution in [2.24, 2.45) is 5.84 Å². The number of carbonyl (C=O) groups excluding carboxylic acids is 1. The van der Waals surface area contributed by atoms with Crippen LogP contribution in [-0.2, 0) is 16.1 Å². The summed E-state index contributed by atoms with van der Waals surface area (Å²) in [4.78, 5) is 10.8. The Bertz CT molecular complexity index is 382. The first-order valence-electron chi connectivity index (χ1n) is 4.99. The largest absolute Gasteiger partial charge is 0.493 e. The molecule has 0 aliphatic rings. The van der Waals surface area contributed by atoms with Gasteiger partial charge >= 0.3 is 0 Å². The van der Waals surface area contributed by atoms with E-state index in [0.29, 0.717) is 18.1 Å². The third-order valence-corrected chi connectivity index (χ3v) is 2.11. The fourth-order valence-electron chi connectivity index (χ4n) is 1.27. The van der Waals surface area contributed by atoms with E-state index in [2.05, 4.69) is 0 Å². The van der Waals surface area contributed by atoms with Gasteiger partial charge in [0, 0.05) is 0 Å². The quantitative estimate of drug-likeness (QED) is 0.422. The Hall–Kier alpha value is -1.79. The average Bonchev–Trinajstić information content (AvgIpc) is 2.38. The van der Waals surface area contributed by atoms with E-state index < -0.39 is 0 Å². The fourth-order valence-corrected chi connectivity index (χ4v) is 1.27. The number of methoxy groups -OCH3 is 2. The fraction of sp³-hybridized carbons (Fsp3) is 0.364. The van der Waals surface area contributed by atoms with E-state index in [9.17, 15) is 4.79 Å². The molecule has 6 heteroatoms. The molecule has 0 saturated heterocycles. The van der Waals surface area contributed by atoms with Crippen molar-refractivity contribution in [3.63, 3.8) is 0 Å². The highest BCUT2D eigenvalue weighted by atomic mass is 16.5. The predicted octanol–water partition coefficient (Wildman–Crippen LogP) is 0.210. The molecule has 1 amide bonds. The lowest BCUT2D eigenvalue weighted by Crippen LogP contribution is -2.33. The molecule has 6 nitrogen and oxygen atoms in total. The molecule has 0 atom stereocenters. The molecule has 94 valence electrons. The van der Waals surface area contributed by atoms with E-state index in [4.69, 9.17) is 20.1 Å². The van der Waals surface area contributed by atoms with Crippen molar-refractivity contribution in [2.75, 3.05) is 20.8 Å². The van der Waals surface area contributed by atoms with Gasteiger partial charge in [-0.15, -0.1) is 0 Å². The Morgan fingerprint density at radius 3 is 2.59 bits per heavy atom. The van der Waals surface area contributed by atoms with Crippen molar-refractivity contribution in [3.8, 4) is 11.5 Å². The van der Waals surface area contributed by atoms with Gasteiger partial charge in [0.25, 0.3) is 5.91 Å². The molecule has 17 heavy (non-hydrogen) atoms. The Kier molecular flexibility index (Phi) is 5.25. The Morgan fingerprint density at radius 1 is 1.29 bits per heavy atom. The third-order valence-electron chi connectivity index (χ3n) is 2.11. The lowest BCUT2D eigenvalue weighted by atomic mass is 10.2. The first-order chi connectivity index (χ1) is 8.21. The van der Waals surface area contributed by atoms with E-state index in [-0.39, 0.29) is 12.5 Å². The number of carbonyl (C=O) groups is 1. The molecule has 0 spiro atoms. The maximum atomic E-state index is 10.8. The molecule has 0 bridgehead atoms. The van der Waals surface area contributed by atoms with Crippen molar-refractivity contribution in [1.29, 1.82) is 0 Å². The van der Waals surface area contributed by atoms with Crippen molar-refractivity contribution in [3.05, 3.63) is 23.8 Å². The van der Waals surface area contributed by atoms with Gasteiger partial charge in [-0.25, -0.2) is 5.84 Å². The first-order valence-corrected chi connectivity index (χ1v) is 4.99. The summed E-state index contributed by atoms with van der Waals surface area (Å²) in [7, 11) is 3.13. The van der Waals surface area contributed by atoms with Crippen molar-refractivity contribution >= 4 is 5.91 Å². The van der Waals surface area contributed by atoms with Crippen LogP contribution in [0.3, 0.4) is 0 Å². The minimum atomic E-state index is -0.370. The van der Waals surface area contributed by atoms with Gasteiger partial charge < -0.3 is 14.2 Å². The number of ether oxygens (including phenoxy) is 3. The number of hydrogen-bond donors (Lipinski definition) is 2. The van der Waals surface area contributed by atoms with Crippen LogP contribution in [0.15, 0.2) is 18.2 Å². The van der Waals surface area contributed by atoms with Crippen LogP contribution in [0.4, 0.5) is 0 Å². The predicted molar refractivity (Wildman–Crippen MR) is 61.5 cm³/mol. The normalized spacial score (nSPS) is 9.82.